The summed E-state index contributed by atoms with van der Waals surface area (Å²) in [5.74, 6) is 0.950. The molecule has 0 aliphatic heterocycles. The van der Waals surface area contributed by atoms with E-state index in [1.54, 1.807) is 0 Å². The van der Waals surface area contributed by atoms with Crippen molar-refractivity contribution in [2.24, 2.45) is 0 Å². The van der Waals surface area contributed by atoms with Crippen LogP contribution < -0.4 is 0 Å². The Morgan fingerprint density at radius 2 is 1.82 bits per heavy atom. The van der Waals surface area contributed by atoms with E-state index in [4.69, 9.17) is 4.42 Å². The average Bonchev–Trinajstić information content (AvgIpc) is 2.68. The van der Waals surface area contributed by atoms with Crippen molar-refractivity contribution in [3.05, 3.63) is 52.2 Å². The molecule has 2 aromatic heterocycles. The minimum absolute atomic E-state index is 0.938. The molecule has 17 heavy (non-hydrogen) atoms. The van der Waals surface area contributed by atoms with E-state index in [1.165, 1.54) is 15.3 Å². The molecule has 0 N–H and O–H groups in total. The van der Waals surface area contributed by atoms with E-state index in [0.717, 1.165) is 16.7 Å². The minimum atomic E-state index is 0.938. The molecule has 0 amide bonds. The third-order valence-corrected chi connectivity index (χ3v) is 3.83. The third-order valence-electron chi connectivity index (χ3n) is 2.86. The summed E-state index contributed by atoms with van der Waals surface area (Å²) in [5, 5.41) is 1.14. The van der Waals surface area contributed by atoms with Crippen molar-refractivity contribution in [3.8, 4) is 11.3 Å². The van der Waals surface area contributed by atoms with Crippen molar-refractivity contribution in [2.45, 2.75) is 13.8 Å². The Morgan fingerprint density at radius 3 is 2.59 bits per heavy atom. The van der Waals surface area contributed by atoms with Gasteiger partial charge in [0.05, 0.1) is 10.9 Å². The van der Waals surface area contributed by atoms with Crippen LogP contribution in [0, 0.1) is 13.8 Å². The van der Waals surface area contributed by atoms with E-state index in [-0.39, 0.29) is 0 Å². The van der Waals surface area contributed by atoms with Crippen LogP contribution in [0.5, 0.6) is 0 Å². The first-order chi connectivity index (χ1) is 8.24. The fourth-order valence-electron chi connectivity index (χ4n) is 2.05. The van der Waals surface area contributed by atoms with Gasteiger partial charge in [0.15, 0.2) is 0 Å². The highest BCUT2D eigenvalue weighted by atomic mass is 32.1. The highest BCUT2D eigenvalue weighted by Crippen LogP contribution is 2.32. The number of aryl methyl sites for hydroxylation is 2. The van der Waals surface area contributed by atoms with Crippen molar-refractivity contribution in [2.75, 3.05) is 0 Å². The first kappa shape index (κ1) is 10.5. The lowest BCUT2D eigenvalue weighted by Gasteiger charge is -1.91. The van der Waals surface area contributed by atoms with Gasteiger partial charge in [0, 0.05) is 21.9 Å². The predicted molar refractivity (Wildman–Crippen MR) is 73.4 cm³/mol. The van der Waals surface area contributed by atoms with Crippen LogP contribution in [0.15, 0.2) is 46.9 Å². The molecular formula is C15H13OS+. The number of rotatable bonds is 1. The quantitative estimate of drug-likeness (QED) is 0.542. The Labute approximate surface area is 104 Å². The first-order valence-electron chi connectivity index (χ1n) is 5.63. The number of fused-ring (bicyclic) bond motifs is 1. The van der Waals surface area contributed by atoms with Crippen LogP contribution >= 0.6 is 11.3 Å². The van der Waals surface area contributed by atoms with E-state index in [0.29, 0.717) is 0 Å². The molecule has 0 saturated carbocycles. The molecule has 3 rings (SSSR count). The van der Waals surface area contributed by atoms with Gasteiger partial charge in [0.1, 0.15) is 0 Å². The van der Waals surface area contributed by atoms with Gasteiger partial charge < -0.3 is 0 Å². The van der Waals surface area contributed by atoms with Crippen molar-refractivity contribution < 1.29 is 4.42 Å². The van der Waals surface area contributed by atoms with E-state index >= 15 is 0 Å². The number of hydrogen-bond donors (Lipinski definition) is 0. The second-order valence-corrected chi connectivity index (χ2v) is 5.62. The van der Waals surface area contributed by atoms with E-state index in [9.17, 15) is 0 Å². The number of para-hydroxylation sites is 1. The standard InChI is InChI=1S/C15H13OS/c1-10-9-13(11(2)17-10)15-8-7-12-5-3-4-6-14(12)16-15/h3-9H,1-2H3/q+1. The monoisotopic (exact) mass is 241 g/mol. The fraction of sp³-hybridized carbons (Fsp3) is 0.133. The molecule has 1 nitrogen and oxygen atoms in total. The zero-order chi connectivity index (χ0) is 11.8. The second kappa shape index (κ2) is 3.97. The van der Waals surface area contributed by atoms with Gasteiger partial charge in [-0.2, -0.15) is 0 Å². The molecule has 2 heterocycles. The van der Waals surface area contributed by atoms with Gasteiger partial charge in [-0.15, -0.1) is 11.3 Å². The van der Waals surface area contributed by atoms with Crippen molar-refractivity contribution in [1.82, 2.24) is 0 Å². The molecule has 3 aromatic rings. The van der Waals surface area contributed by atoms with Gasteiger partial charge in [0.2, 0.25) is 0 Å². The summed E-state index contributed by atoms with van der Waals surface area (Å²) in [7, 11) is 0. The van der Waals surface area contributed by atoms with E-state index < -0.39 is 0 Å². The molecule has 2 heteroatoms. The maximum absolute atomic E-state index is 5.95. The SMILES string of the molecule is Cc1cc(-c2ccc3ccccc3[o+]2)c(C)s1. The highest BCUT2D eigenvalue weighted by Gasteiger charge is 2.17. The molecule has 0 atom stereocenters. The van der Waals surface area contributed by atoms with Crippen LogP contribution in [0.1, 0.15) is 9.75 Å². The van der Waals surface area contributed by atoms with Crippen LogP contribution in [0.3, 0.4) is 0 Å². The van der Waals surface area contributed by atoms with Crippen LogP contribution in [0.2, 0.25) is 0 Å². The largest absolute Gasteiger partial charge is 0.361 e. The van der Waals surface area contributed by atoms with E-state index in [1.807, 2.05) is 29.5 Å². The second-order valence-electron chi connectivity index (χ2n) is 4.16. The van der Waals surface area contributed by atoms with Crippen LogP contribution in [0.25, 0.3) is 22.3 Å². The van der Waals surface area contributed by atoms with Gasteiger partial charge in [-0.1, -0.05) is 12.1 Å². The molecule has 0 saturated heterocycles. The summed E-state index contributed by atoms with van der Waals surface area (Å²) in [4.78, 5) is 2.63. The van der Waals surface area contributed by atoms with Gasteiger partial charge in [0.25, 0.3) is 0 Å². The fourth-order valence-corrected chi connectivity index (χ4v) is 2.98. The van der Waals surface area contributed by atoms with Gasteiger partial charge >= 0.3 is 11.3 Å². The average molecular weight is 241 g/mol. The Kier molecular flexibility index (Phi) is 2.45. The van der Waals surface area contributed by atoms with Crippen LogP contribution in [-0.4, -0.2) is 0 Å². The van der Waals surface area contributed by atoms with Crippen LogP contribution in [0.4, 0.5) is 0 Å². The predicted octanol–water partition coefficient (Wildman–Crippen LogP) is 5.06. The van der Waals surface area contributed by atoms with Gasteiger partial charge in [-0.05, 0) is 32.0 Å². The maximum atomic E-state index is 5.95. The summed E-state index contributed by atoms with van der Waals surface area (Å²) in [6.07, 6.45) is 0. The highest BCUT2D eigenvalue weighted by molar-refractivity contribution is 7.12. The molecule has 84 valence electrons. The summed E-state index contributed by atoms with van der Waals surface area (Å²) < 4.78 is 5.95. The van der Waals surface area contributed by atoms with Crippen LogP contribution in [-0.2, 0) is 0 Å². The lowest BCUT2D eigenvalue weighted by atomic mass is 10.1. The molecule has 0 aliphatic carbocycles. The maximum Gasteiger partial charge on any atom is 0.361 e. The lowest BCUT2D eigenvalue weighted by molar-refractivity contribution is 0.620. The molecule has 0 spiro atoms. The third kappa shape index (κ3) is 1.85. The lowest BCUT2D eigenvalue weighted by Crippen LogP contribution is -1.78. The zero-order valence-corrected chi connectivity index (χ0v) is 10.7. The van der Waals surface area contributed by atoms with Crippen molar-refractivity contribution in [3.63, 3.8) is 0 Å². The summed E-state index contributed by atoms with van der Waals surface area (Å²) in [6.45, 7) is 4.26. The number of hydrogen-bond acceptors (Lipinski definition) is 1. The summed E-state index contributed by atoms with van der Waals surface area (Å²) in [6, 6.07) is 14.5. The van der Waals surface area contributed by atoms with Crippen molar-refractivity contribution >= 4 is 22.3 Å². The summed E-state index contributed by atoms with van der Waals surface area (Å²) >= 11 is 1.81. The molecule has 0 bridgehead atoms. The Hall–Kier alpha value is -1.67. The molecule has 1 aromatic carbocycles. The minimum Gasteiger partial charge on any atom is -0.207 e. The summed E-state index contributed by atoms with van der Waals surface area (Å²) in [5.41, 5.74) is 2.14. The number of thiophene rings is 1. The van der Waals surface area contributed by atoms with E-state index in [2.05, 4.69) is 38.1 Å². The zero-order valence-electron chi connectivity index (χ0n) is 9.86. The Bertz CT molecular complexity index is 682. The van der Waals surface area contributed by atoms with Gasteiger partial charge in [-0.3, -0.25) is 0 Å². The smallest absolute Gasteiger partial charge is 0.207 e. The first-order valence-corrected chi connectivity index (χ1v) is 6.45. The molecule has 0 radical (unpaired) electrons. The number of benzene rings is 1. The Balaban J connectivity index is 2.21. The molecular weight excluding hydrogens is 228 g/mol. The molecule has 0 fully saturated rings. The Morgan fingerprint density at radius 1 is 1.00 bits per heavy atom. The molecule has 0 unspecified atom stereocenters. The topological polar surface area (TPSA) is 11.3 Å². The van der Waals surface area contributed by atoms with Crippen molar-refractivity contribution in [1.29, 1.82) is 0 Å². The normalized spacial score (nSPS) is 10.9. The molecule has 0 aliphatic rings. The van der Waals surface area contributed by atoms with Gasteiger partial charge in [-0.25, -0.2) is 4.42 Å².